The Hall–Kier alpha value is -2.99. The summed E-state index contributed by atoms with van der Waals surface area (Å²) >= 11 is 0. The Bertz CT molecular complexity index is 1080. The summed E-state index contributed by atoms with van der Waals surface area (Å²) in [5.74, 6) is 0.785. The van der Waals surface area contributed by atoms with Gasteiger partial charge in [0.05, 0.1) is 24.3 Å². The Balaban J connectivity index is 1.62. The van der Waals surface area contributed by atoms with Gasteiger partial charge in [0.25, 0.3) is 5.91 Å². The van der Waals surface area contributed by atoms with E-state index in [9.17, 15) is 9.90 Å². The van der Waals surface area contributed by atoms with Crippen LogP contribution in [0.4, 0.5) is 0 Å². The van der Waals surface area contributed by atoms with E-state index in [2.05, 4.69) is 29.9 Å². The summed E-state index contributed by atoms with van der Waals surface area (Å²) in [6, 6.07) is 10.8. The van der Waals surface area contributed by atoms with Gasteiger partial charge in [0.1, 0.15) is 11.7 Å². The number of carbonyl (C=O) groups is 1. The highest BCUT2D eigenvalue weighted by Gasteiger charge is 2.34. The Labute approximate surface area is 213 Å². The monoisotopic (exact) mass is 492 g/mol. The zero-order valence-electron chi connectivity index (χ0n) is 21.4. The number of pyridine rings is 1. The first-order valence-electron chi connectivity index (χ1n) is 12.7. The lowest BCUT2D eigenvalue weighted by atomic mass is 9.97. The van der Waals surface area contributed by atoms with Gasteiger partial charge in [-0.2, -0.15) is 5.26 Å². The molecule has 1 N–H and O–H groups in total. The molecule has 192 valence electrons. The number of amides is 1. The minimum absolute atomic E-state index is 0.0493. The Kier molecular flexibility index (Phi) is 8.57. The van der Waals surface area contributed by atoms with Crippen LogP contribution in [0.1, 0.15) is 42.6 Å². The molecule has 2 aromatic rings. The van der Waals surface area contributed by atoms with Gasteiger partial charge >= 0.3 is 0 Å². The fraction of sp³-hybridized carbons (Fsp3) is 0.536. The van der Waals surface area contributed by atoms with Gasteiger partial charge in [-0.1, -0.05) is 19.1 Å². The highest BCUT2D eigenvalue weighted by atomic mass is 16.5. The van der Waals surface area contributed by atoms with E-state index in [-0.39, 0.29) is 30.6 Å². The molecule has 2 aliphatic rings. The fourth-order valence-electron chi connectivity index (χ4n) is 4.97. The first-order valence-corrected chi connectivity index (χ1v) is 12.7. The second-order valence-corrected chi connectivity index (χ2v) is 10.2. The van der Waals surface area contributed by atoms with E-state index in [0.29, 0.717) is 36.0 Å². The number of fused-ring (bicyclic) bond motifs is 1. The second-order valence-electron chi connectivity index (χ2n) is 10.2. The third-order valence-electron chi connectivity index (χ3n) is 7.27. The van der Waals surface area contributed by atoms with Crippen LogP contribution in [0, 0.1) is 23.2 Å². The van der Waals surface area contributed by atoms with Crippen molar-refractivity contribution in [1.82, 2.24) is 14.8 Å². The first-order chi connectivity index (χ1) is 17.4. The molecule has 1 aromatic heterocycles. The molecule has 0 unspecified atom stereocenters. The third kappa shape index (κ3) is 6.04. The van der Waals surface area contributed by atoms with Crippen molar-refractivity contribution in [3.8, 4) is 23.1 Å². The number of rotatable bonds is 7. The number of nitrogens with zero attached hydrogens (tertiary/aromatic N) is 4. The topological polar surface area (TPSA) is 98.9 Å². The average molecular weight is 493 g/mol. The highest BCUT2D eigenvalue weighted by molar-refractivity contribution is 5.98. The number of nitriles is 1. The molecule has 0 saturated carbocycles. The van der Waals surface area contributed by atoms with Gasteiger partial charge in [-0.25, -0.2) is 4.98 Å². The lowest BCUT2D eigenvalue weighted by molar-refractivity contribution is 0.0254. The van der Waals surface area contributed by atoms with Crippen molar-refractivity contribution < 1.29 is 19.4 Å². The zero-order valence-corrected chi connectivity index (χ0v) is 21.4. The number of aromatic nitrogens is 1. The summed E-state index contributed by atoms with van der Waals surface area (Å²) in [5.41, 5.74) is 2.60. The Morgan fingerprint density at radius 2 is 1.94 bits per heavy atom. The summed E-state index contributed by atoms with van der Waals surface area (Å²) in [6.07, 6.45) is 3.69. The molecule has 1 amide bonds. The number of aliphatic hydroxyl groups excluding tert-OH is 1. The number of aliphatic hydroxyl groups is 1. The predicted octanol–water partition coefficient (Wildman–Crippen LogP) is 3.20. The van der Waals surface area contributed by atoms with Crippen LogP contribution in [-0.2, 0) is 4.74 Å². The summed E-state index contributed by atoms with van der Waals surface area (Å²) in [7, 11) is 2.12. The lowest BCUT2D eigenvalue weighted by Crippen LogP contribution is -2.50. The summed E-state index contributed by atoms with van der Waals surface area (Å²) in [6.45, 7) is 7.65. The van der Waals surface area contributed by atoms with Gasteiger partial charge in [-0.15, -0.1) is 0 Å². The SMILES string of the molecule is C[C@H](CO)N1C[C@H](C)[C@@H](CN(C)CC2CCOCC2)Oc2ncc(-c3ccc(C#N)cc3)cc2C1=O. The molecule has 0 radical (unpaired) electrons. The molecule has 0 aliphatic carbocycles. The lowest BCUT2D eigenvalue weighted by Gasteiger charge is -2.38. The maximum absolute atomic E-state index is 13.6. The summed E-state index contributed by atoms with van der Waals surface area (Å²) in [5, 5.41) is 19.0. The minimum Gasteiger partial charge on any atom is -0.472 e. The highest BCUT2D eigenvalue weighted by Crippen LogP contribution is 2.30. The van der Waals surface area contributed by atoms with E-state index in [1.807, 2.05) is 25.1 Å². The van der Waals surface area contributed by atoms with Crippen LogP contribution in [-0.4, -0.2) is 84.4 Å². The smallest absolute Gasteiger partial charge is 0.259 e. The zero-order chi connectivity index (χ0) is 25.7. The van der Waals surface area contributed by atoms with E-state index in [1.165, 1.54) is 0 Å². The maximum Gasteiger partial charge on any atom is 0.259 e. The van der Waals surface area contributed by atoms with E-state index < -0.39 is 0 Å². The van der Waals surface area contributed by atoms with Crippen LogP contribution in [0.25, 0.3) is 11.1 Å². The predicted molar refractivity (Wildman–Crippen MR) is 137 cm³/mol. The van der Waals surface area contributed by atoms with Crippen LogP contribution in [0.15, 0.2) is 36.5 Å². The molecule has 2 aliphatic heterocycles. The molecule has 0 bridgehead atoms. The van der Waals surface area contributed by atoms with Crippen molar-refractivity contribution in [2.75, 3.05) is 46.5 Å². The van der Waals surface area contributed by atoms with Gasteiger partial charge in [0.2, 0.25) is 5.88 Å². The third-order valence-corrected chi connectivity index (χ3v) is 7.27. The minimum atomic E-state index is -0.329. The number of benzene rings is 1. The summed E-state index contributed by atoms with van der Waals surface area (Å²) < 4.78 is 11.9. The Morgan fingerprint density at radius 3 is 2.61 bits per heavy atom. The van der Waals surface area contributed by atoms with Crippen LogP contribution in [0.2, 0.25) is 0 Å². The van der Waals surface area contributed by atoms with Crippen molar-refractivity contribution in [1.29, 1.82) is 5.26 Å². The van der Waals surface area contributed by atoms with Gasteiger partial charge in [0, 0.05) is 50.5 Å². The van der Waals surface area contributed by atoms with Crippen molar-refractivity contribution in [2.24, 2.45) is 11.8 Å². The number of hydrogen-bond donors (Lipinski definition) is 1. The van der Waals surface area contributed by atoms with E-state index in [1.54, 1.807) is 23.2 Å². The quantitative estimate of drug-likeness (QED) is 0.634. The molecule has 0 spiro atoms. The van der Waals surface area contributed by atoms with Gasteiger partial charge in [-0.3, -0.25) is 4.79 Å². The van der Waals surface area contributed by atoms with Crippen molar-refractivity contribution in [3.05, 3.63) is 47.7 Å². The molecule has 3 atom stereocenters. The molecule has 1 fully saturated rings. The van der Waals surface area contributed by atoms with Crippen LogP contribution in [0.5, 0.6) is 5.88 Å². The Morgan fingerprint density at radius 1 is 1.22 bits per heavy atom. The number of ether oxygens (including phenoxy) is 2. The molecule has 8 nitrogen and oxygen atoms in total. The van der Waals surface area contributed by atoms with Crippen LogP contribution in [0.3, 0.4) is 0 Å². The van der Waals surface area contributed by atoms with Gasteiger partial charge < -0.3 is 24.4 Å². The van der Waals surface area contributed by atoms with E-state index in [0.717, 1.165) is 43.7 Å². The molecule has 4 rings (SSSR count). The molecule has 36 heavy (non-hydrogen) atoms. The van der Waals surface area contributed by atoms with E-state index >= 15 is 0 Å². The van der Waals surface area contributed by atoms with Crippen molar-refractivity contribution in [3.63, 3.8) is 0 Å². The molecule has 1 saturated heterocycles. The van der Waals surface area contributed by atoms with Crippen LogP contribution >= 0.6 is 0 Å². The largest absolute Gasteiger partial charge is 0.472 e. The number of hydrogen-bond acceptors (Lipinski definition) is 7. The van der Waals surface area contributed by atoms with Crippen molar-refractivity contribution in [2.45, 2.75) is 38.8 Å². The fourth-order valence-corrected chi connectivity index (χ4v) is 4.97. The molecule has 1 aromatic carbocycles. The van der Waals surface area contributed by atoms with Gasteiger partial charge in [0.15, 0.2) is 0 Å². The molecular formula is C28H36N4O4. The number of likely N-dealkylation sites (N-methyl/N-ethyl adjacent to an activating group) is 1. The normalized spacial score (nSPS) is 21.8. The standard InChI is InChI=1S/C28H36N4O4/c1-19-15-32(20(2)18-33)28(34)25-12-24(23-6-4-21(13-29)5-7-23)14-30-27(25)36-26(19)17-31(3)16-22-8-10-35-11-9-22/h4-7,12,14,19-20,22,26,33H,8-11,15-18H2,1-3H3/t19-,20+,26+/m0/s1. The van der Waals surface area contributed by atoms with Crippen LogP contribution < -0.4 is 4.74 Å². The van der Waals surface area contributed by atoms with Gasteiger partial charge in [-0.05, 0) is 56.5 Å². The second kappa shape index (κ2) is 11.8. The molecule has 8 heteroatoms. The maximum atomic E-state index is 13.6. The average Bonchev–Trinajstić information content (AvgIpc) is 2.90. The summed E-state index contributed by atoms with van der Waals surface area (Å²) in [4.78, 5) is 22.3. The molecular weight excluding hydrogens is 456 g/mol. The van der Waals surface area contributed by atoms with Crippen molar-refractivity contribution >= 4 is 5.91 Å². The first kappa shape index (κ1) is 26.1. The van der Waals surface area contributed by atoms with E-state index in [4.69, 9.17) is 14.7 Å². The molecule has 3 heterocycles. The number of carbonyl (C=O) groups excluding carboxylic acids is 1.